The molecule has 15 rings (SSSR count). The van der Waals surface area contributed by atoms with E-state index in [9.17, 15) is 73.4 Å². The van der Waals surface area contributed by atoms with Gasteiger partial charge in [0.1, 0.15) is 36.3 Å². The van der Waals surface area contributed by atoms with Crippen LogP contribution < -0.4 is 4.74 Å². The minimum Gasteiger partial charge on any atom is -0.496 e. The van der Waals surface area contributed by atoms with Crippen molar-refractivity contribution in [3.8, 4) is 11.8 Å². The molecule has 0 spiro atoms. The van der Waals surface area contributed by atoms with Gasteiger partial charge in [0.2, 0.25) is 0 Å². The van der Waals surface area contributed by atoms with Gasteiger partial charge in [-0.2, -0.15) is 5.26 Å². The van der Waals surface area contributed by atoms with E-state index in [0.717, 1.165) is 179 Å². The summed E-state index contributed by atoms with van der Waals surface area (Å²) in [5.41, 5.74) is 11.3. The maximum Gasteiger partial charge on any atom is 0.302 e. The van der Waals surface area contributed by atoms with Crippen LogP contribution in [0.15, 0.2) is 122 Å². The van der Waals surface area contributed by atoms with Crippen molar-refractivity contribution < 1.29 is 86.2 Å². The number of carbonyl (C=O) groups is 10. The van der Waals surface area contributed by atoms with Crippen LogP contribution in [-0.2, 0) is 147 Å². The molecule has 0 fully saturated rings. The molecule has 5 aliphatic carbocycles. The molecular weight excluding hydrogens is 1830 g/mol. The average molecular weight is 1960 g/mol. The highest BCUT2D eigenvalue weighted by Gasteiger charge is 2.46. The van der Waals surface area contributed by atoms with E-state index in [4.69, 9.17) is 40.0 Å². The number of nitro benzene ring substituents is 2. The third-order valence-electron chi connectivity index (χ3n) is 25.7. The molecule has 0 saturated heterocycles. The average Bonchev–Trinajstić information content (AvgIpc) is 1.59. The number of rotatable bonds is 43. The standard InChI is InChI=1S/C21H24N4O3.C21H27N3O4.C20H24ClN3O3.2C20H24N4O5/c1-14(26)28-19(10-5-3-4-9-17-13-25(2)24-23-17)18-11-15-7-6-8-16(12-22)20(15)21(18)27;1-14(25)28-18(10-6-4-5-9-16-13-24(2)23-22-16)17-12-15-8-7-11-19(27-3)20(15)21(17)26;1-13(25)27-18(10-5-3-4-8-15-12-24(2)23-22-15)16-11-14-7-6-9-17(21)19(14)20(16)26;1-13(25)29-18(10-5-3-4-8-15-12-23(2)22-21-15)16-11-14-7-6-9-17(24(27)28)19(14)20(16)26;1-13(25)29-19(7-5-3-4-6-15-12-23(2)22-21-15)18-10-14-8-9-16(24(27)28)11-17(14)20(18)26/h6-8,13,18-19H,3-5,9-11H2,1-2H3;7-8,11,13,17-18H,4-6,9-10,12H2,1-3H3;6-7,9,12,16,18H,3-5,8,10-11H2,1-2H3;6-7,9,12,16,18H,3-5,8,10-11H2,1-2H3;8-9,11-12,18-19H,3-7,10H2,1-2H3. The van der Waals surface area contributed by atoms with Crippen molar-refractivity contribution in [2.45, 2.75) is 258 Å². The highest BCUT2D eigenvalue weighted by Crippen LogP contribution is 2.42. The number of nitrogens with zero attached hydrogens (tertiary/aromatic N) is 18. The van der Waals surface area contributed by atoms with Gasteiger partial charge in [0, 0.05) is 136 Å². The van der Waals surface area contributed by atoms with Gasteiger partial charge in [0.25, 0.3) is 11.4 Å². The van der Waals surface area contributed by atoms with Crippen LogP contribution in [0.5, 0.6) is 5.75 Å². The van der Waals surface area contributed by atoms with Crippen molar-refractivity contribution >= 4 is 81.7 Å². The van der Waals surface area contributed by atoms with Gasteiger partial charge in [-0.3, -0.25) is 91.6 Å². The SMILES string of the molecule is CC(=O)OC(CCCCCc1cn(C)nn1)C1Cc2ccc([N+](=O)[O-])cc2C1=O.CC(=O)OC(CCCCCc1cn(C)nn1)C1Cc2cccc(C#N)c2C1=O.CC(=O)OC(CCCCCc1cn(C)nn1)C1Cc2cccc(Cl)c2C1=O.CC(=O)OC(CCCCCc1cn(C)nn1)C1Cc2cccc([N+](=O)[O-])c2C1=O.COc1cccc2c1C(=O)C(C(CCCCCc1cn(C)nn1)OC(C)=O)C2. The number of hydrogen-bond acceptors (Lipinski definition) is 31. The summed E-state index contributed by atoms with van der Waals surface area (Å²) in [6.07, 6.45) is 30.6. The monoisotopic (exact) mass is 1950 g/mol. The number of fused-ring (bicyclic) bond motifs is 5. The Morgan fingerprint density at radius 2 is 0.681 bits per heavy atom. The molecule has 5 aromatic heterocycles. The molecule has 748 valence electrons. The normalized spacial score (nSPS) is 16.6. The summed E-state index contributed by atoms with van der Waals surface area (Å²) >= 11 is 6.20. The number of ether oxygens (including phenoxy) is 6. The Balaban J connectivity index is 0.000000168. The first kappa shape index (κ1) is 107. The van der Waals surface area contributed by atoms with Crippen LogP contribution in [0.25, 0.3) is 0 Å². The zero-order chi connectivity index (χ0) is 102. The number of benzene rings is 5. The molecule has 10 unspecified atom stereocenters. The third-order valence-corrected chi connectivity index (χ3v) is 26.0. The number of Topliss-reactive ketones (excluding diaryl/α,β-unsaturated/α-hetero) is 5. The van der Waals surface area contributed by atoms with Crippen LogP contribution in [0, 0.1) is 61.1 Å². The lowest BCUT2D eigenvalue weighted by atomic mass is 9.93. The molecule has 0 bridgehead atoms. The van der Waals surface area contributed by atoms with Gasteiger partial charge in [-0.15, -0.1) is 25.5 Å². The molecule has 0 amide bonds. The third kappa shape index (κ3) is 30.4. The second-order valence-electron chi connectivity index (χ2n) is 36.4. The zero-order valence-corrected chi connectivity index (χ0v) is 82.4. The molecule has 38 nitrogen and oxygen atoms in total. The van der Waals surface area contributed by atoms with Gasteiger partial charge in [-0.25, -0.2) is 0 Å². The number of non-ortho nitro benzene ring substituents is 1. The van der Waals surface area contributed by atoms with Gasteiger partial charge in [-0.1, -0.05) is 124 Å². The number of nitriles is 1. The fourth-order valence-electron chi connectivity index (χ4n) is 19.2. The summed E-state index contributed by atoms with van der Waals surface area (Å²) in [6.45, 7) is 6.80. The van der Waals surface area contributed by atoms with E-state index in [0.29, 0.717) is 108 Å². The van der Waals surface area contributed by atoms with Crippen LogP contribution in [0.3, 0.4) is 0 Å². The van der Waals surface area contributed by atoms with E-state index in [1.165, 1.54) is 52.8 Å². The topological polar surface area (TPSA) is 490 Å². The Morgan fingerprint density at radius 1 is 0.383 bits per heavy atom. The molecule has 10 aromatic rings. The van der Waals surface area contributed by atoms with Crippen molar-refractivity contribution in [3.05, 3.63) is 237 Å². The minimum atomic E-state index is -0.580. The second-order valence-corrected chi connectivity index (χ2v) is 36.8. The quantitative estimate of drug-likeness (QED) is 0.0113. The van der Waals surface area contributed by atoms with E-state index in [1.54, 1.807) is 73.0 Å². The van der Waals surface area contributed by atoms with E-state index in [1.807, 2.05) is 96.6 Å². The van der Waals surface area contributed by atoms with Gasteiger partial charge in [-0.05, 0) is 207 Å². The summed E-state index contributed by atoms with van der Waals surface area (Å²) in [5, 5.41) is 72.0. The first-order valence-corrected chi connectivity index (χ1v) is 48.4. The van der Waals surface area contributed by atoms with Crippen molar-refractivity contribution in [1.29, 1.82) is 5.26 Å². The number of ketones is 5. The Hall–Kier alpha value is -14.1. The Kier molecular flexibility index (Phi) is 39.7. The lowest BCUT2D eigenvalue weighted by molar-refractivity contribution is -0.385. The van der Waals surface area contributed by atoms with E-state index < -0.39 is 70.1 Å². The first-order valence-electron chi connectivity index (χ1n) is 48.0. The number of aryl methyl sites for hydroxylation is 10. The van der Waals surface area contributed by atoms with Crippen molar-refractivity contribution in [2.24, 2.45) is 64.8 Å². The van der Waals surface area contributed by atoms with E-state index in [-0.39, 0.29) is 75.6 Å². The predicted octanol–water partition coefficient (Wildman–Crippen LogP) is 14.9. The number of carbonyl (C=O) groups excluding carboxylic acids is 10. The summed E-state index contributed by atoms with van der Waals surface area (Å²) in [6, 6.07) is 27.6. The lowest BCUT2D eigenvalue weighted by Gasteiger charge is -2.22. The van der Waals surface area contributed by atoms with E-state index >= 15 is 0 Å². The van der Waals surface area contributed by atoms with Crippen LogP contribution in [0.2, 0.25) is 5.02 Å². The van der Waals surface area contributed by atoms with E-state index in [2.05, 4.69) is 57.6 Å². The molecule has 5 heterocycles. The van der Waals surface area contributed by atoms with Crippen LogP contribution >= 0.6 is 11.6 Å². The molecule has 0 aliphatic heterocycles. The number of aromatic nitrogens is 15. The fraction of sp³-hybridized carbons (Fsp3) is 0.500. The minimum absolute atomic E-state index is 0.0123. The van der Waals surface area contributed by atoms with Crippen LogP contribution in [0.1, 0.15) is 277 Å². The molecule has 0 saturated carbocycles. The summed E-state index contributed by atoms with van der Waals surface area (Å²) in [4.78, 5) is 144. The molecule has 5 aliphatic rings. The van der Waals surface area contributed by atoms with Gasteiger partial charge < -0.3 is 28.4 Å². The number of methoxy groups -OCH3 is 1. The summed E-state index contributed by atoms with van der Waals surface area (Å²) in [7, 11) is 10.8. The maximum absolute atomic E-state index is 13.0. The highest BCUT2D eigenvalue weighted by molar-refractivity contribution is 6.34. The molecule has 0 radical (unpaired) electrons. The Bertz CT molecular complexity index is 6130. The van der Waals surface area contributed by atoms with Crippen LogP contribution in [-0.4, -0.2) is 181 Å². The Morgan fingerprint density at radius 3 is 1.00 bits per heavy atom. The maximum atomic E-state index is 13.0. The van der Waals surface area contributed by atoms with Gasteiger partial charge in [0.05, 0.1) is 103 Å². The van der Waals surface area contributed by atoms with Gasteiger partial charge >= 0.3 is 29.8 Å². The largest absolute Gasteiger partial charge is 0.496 e. The summed E-state index contributed by atoms with van der Waals surface area (Å²) in [5.74, 6) is -4.10. The molecule has 39 heteroatoms. The molecule has 10 atom stereocenters. The fourth-order valence-corrected chi connectivity index (χ4v) is 19.5. The smallest absolute Gasteiger partial charge is 0.302 e. The summed E-state index contributed by atoms with van der Waals surface area (Å²) < 4.78 is 41.2. The number of nitro groups is 2. The molecule has 0 N–H and O–H groups in total. The lowest BCUT2D eigenvalue weighted by Crippen LogP contribution is -2.30. The van der Waals surface area contributed by atoms with Crippen molar-refractivity contribution in [1.82, 2.24) is 75.0 Å². The Labute approximate surface area is 822 Å². The first-order chi connectivity index (χ1) is 67.6. The number of unbranched alkanes of at least 4 members (excludes halogenated alkanes) is 10. The number of halogens is 1. The number of esters is 5. The zero-order valence-electron chi connectivity index (χ0n) is 81.6. The predicted molar refractivity (Wildman–Crippen MR) is 513 cm³/mol. The second kappa shape index (κ2) is 52.2. The number of hydrogen-bond donors (Lipinski definition) is 0. The molecule has 5 aromatic carbocycles. The van der Waals surface area contributed by atoms with Gasteiger partial charge in [0.15, 0.2) is 28.9 Å². The van der Waals surface area contributed by atoms with Crippen LogP contribution in [0.4, 0.5) is 11.4 Å². The molecule has 141 heavy (non-hydrogen) atoms. The van der Waals surface area contributed by atoms with Crippen molar-refractivity contribution in [3.63, 3.8) is 0 Å². The van der Waals surface area contributed by atoms with Crippen molar-refractivity contribution in [2.75, 3.05) is 7.11 Å². The highest BCUT2D eigenvalue weighted by atomic mass is 35.5. The molecular formula is C102H123ClN18O20.